The molecule has 1 aromatic rings. The largest absolute Gasteiger partial charge is 0.493 e. The van der Waals surface area contributed by atoms with E-state index in [-0.39, 0.29) is 0 Å². The molecule has 1 aromatic carbocycles. The van der Waals surface area contributed by atoms with Crippen molar-refractivity contribution in [2.45, 2.75) is 12.8 Å². The number of hydrogen-bond acceptors (Lipinski definition) is 7. The summed E-state index contributed by atoms with van der Waals surface area (Å²) >= 11 is 4.33. The number of rotatable bonds is 4. The number of methoxy groups -OCH3 is 3. The van der Waals surface area contributed by atoms with E-state index in [9.17, 15) is 10.1 Å². The third kappa shape index (κ3) is 3.05. The van der Waals surface area contributed by atoms with E-state index < -0.39 is 11.9 Å². The maximum Gasteiger partial charge on any atom is 0.336 e. The molecule has 0 saturated heterocycles. The number of hydrogen-bond donors (Lipinski definition) is 2. The Morgan fingerprint density at radius 1 is 1.25 bits per heavy atom. The minimum atomic E-state index is -0.601. The van der Waals surface area contributed by atoms with E-state index in [2.05, 4.69) is 24.0 Å². The predicted molar refractivity (Wildman–Crippen MR) is 91.8 cm³/mol. The van der Waals surface area contributed by atoms with E-state index in [0.29, 0.717) is 38.9 Å². The summed E-state index contributed by atoms with van der Waals surface area (Å²) in [4.78, 5) is 12.3. The number of allylic oxidation sites excluding steroid dienone is 2. The smallest absolute Gasteiger partial charge is 0.336 e. The molecule has 1 heterocycles. The van der Waals surface area contributed by atoms with Crippen molar-refractivity contribution in [3.63, 3.8) is 0 Å². The summed E-state index contributed by atoms with van der Waals surface area (Å²) in [6, 6.07) is 7.38. The minimum absolute atomic E-state index is 0.330. The fraction of sp³-hybridized carbons (Fsp3) is 0.294. The average molecular weight is 346 g/mol. The summed E-state index contributed by atoms with van der Waals surface area (Å²) in [7, 11) is 4.37. The van der Waals surface area contributed by atoms with E-state index in [1.807, 2.05) is 0 Å². The van der Waals surface area contributed by atoms with Crippen LogP contribution in [0.15, 0.2) is 40.1 Å². The molecule has 24 heavy (non-hydrogen) atoms. The summed E-state index contributed by atoms with van der Waals surface area (Å²) in [6.07, 6.45) is 0. The van der Waals surface area contributed by atoms with Crippen LogP contribution in [0.2, 0.25) is 0 Å². The van der Waals surface area contributed by atoms with Crippen LogP contribution in [-0.4, -0.2) is 27.3 Å². The molecule has 1 aliphatic heterocycles. The number of nitrogens with zero attached hydrogens (tertiary/aromatic N) is 1. The molecule has 0 fully saturated rings. The molecule has 7 heteroatoms. The van der Waals surface area contributed by atoms with E-state index in [1.165, 1.54) is 14.2 Å². The molecule has 6 nitrogen and oxygen atoms in total. The van der Waals surface area contributed by atoms with Crippen molar-refractivity contribution in [2.75, 3.05) is 21.3 Å². The van der Waals surface area contributed by atoms with Crippen molar-refractivity contribution >= 4 is 18.6 Å². The van der Waals surface area contributed by atoms with Crippen molar-refractivity contribution in [2.24, 2.45) is 0 Å². The van der Waals surface area contributed by atoms with Crippen molar-refractivity contribution in [3.8, 4) is 17.6 Å². The first-order valence-electron chi connectivity index (χ1n) is 7.09. The molecule has 1 aliphatic rings. The Morgan fingerprint density at radius 3 is 2.46 bits per heavy atom. The van der Waals surface area contributed by atoms with Gasteiger partial charge in [-0.25, -0.2) is 4.79 Å². The molecule has 0 aromatic heterocycles. The van der Waals surface area contributed by atoms with Gasteiger partial charge >= 0.3 is 5.97 Å². The van der Waals surface area contributed by atoms with Crippen molar-refractivity contribution in [3.05, 3.63) is 45.6 Å². The monoisotopic (exact) mass is 346 g/mol. The molecular weight excluding hydrogens is 328 g/mol. The van der Waals surface area contributed by atoms with Crippen LogP contribution < -0.4 is 14.8 Å². The van der Waals surface area contributed by atoms with Gasteiger partial charge in [0.2, 0.25) is 0 Å². The Labute approximate surface area is 146 Å². The third-order valence-corrected chi connectivity index (χ3v) is 4.16. The second kappa shape index (κ2) is 7.32. The number of dihydropyridines is 1. The van der Waals surface area contributed by atoms with E-state index >= 15 is 0 Å². The lowest BCUT2D eigenvalue weighted by Crippen LogP contribution is -2.27. The van der Waals surface area contributed by atoms with Crippen LogP contribution in [0.25, 0.3) is 0 Å². The normalized spacial score (nSPS) is 17.1. The van der Waals surface area contributed by atoms with Gasteiger partial charge in [0, 0.05) is 5.70 Å². The first-order valence-corrected chi connectivity index (χ1v) is 7.54. The van der Waals surface area contributed by atoms with Crippen molar-refractivity contribution in [1.29, 1.82) is 5.26 Å². The molecule has 0 amide bonds. The SMILES string of the molecule is COC(=O)C1=C(C)NC(S)=C(C#N)C1c1ccc(OC)c(OC)c1. The number of thiol groups is 1. The molecule has 1 atom stereocenters. The Kier molecular flexibility index (Phi) is 5.42. The Bertz CT molecular complexity index is 777. The topological polar surface area (TPSA) is 80.6 Å². The second-order valence-corrected chi connectivity index (χ2v) is 5.52. The molecule has 2 rings (SSSR count). The van der Waals surface area contributed by atoms with Crippen LogP contribution in [0.3, 0.4) is 0 Å². The van der Waals surface area contributed by atoms with Gasteiger partial charge in [0.15, 0.2) is 11.5 Å². The lowest BCUT2D eigenvalue weighted by atomic mass is 9.82. The van der Waals surface area contributed by atoms with Gasteiger partial charge in [-0.15, -0.1) is 12.6 Å². The standard InChI is InChI=1S/C17H18N2O4S/c1-9-14(17(20)23-4)15(11(8-18)16(24)19-9)10-5-6-12(21-2)13(7-10)22-3/h5-7,15,19,24H,1-4H3. The molecule has 0 saturated carbocycles. The van der Waals surface area contributed by atoms with Crippen LogP contribution >= 0.6 is 12.6 Å². The first-order chi connectivity index (χ1) is 11.5. The lowest BCUT2D eigenvalue weighted by Gasteiger charge is -2.28. The number of carbonyl (C=O) groups excluding carboxylic acids is 1. The molecule has 126 valence electrons. The molecule has 1 N–H and O–H groups in total. The van der Waals surface area contributed by atoms with Gasteiger partial charge in [0.1, 0.15) is 0 Å². The highest BCUT2D eigenvalue weighted by Crippen LogP contribution is 2.41. The summed E-state index contributed by atoms with van der Waals surface area (Å²) < 4.78 is 15.4. The number of esters is 1. The zero-order valence-corrected chi connectivity index (χ0v) is 14.7. The Balaban J connectivity index is 2.67. The van der Waals surface area contributed by atoms with Gasteiger partial charge in [0.25, 0.3) is 0 Å². The summed E-state index contributed by atoms with van der Waals surface area (Å²) in [5.74, 6) is -0.0399. The summed E-state index contributed by atoms with van der Waals surface area (Å²) in [6.45, 7) is 1.74. The van der Waals surface area contributed by atoms with Crippen LogP contribution in [-0.2, 0) is 9.53 Å². The average Bonchev–Trinajstić information content (AvgIpc) is 2.59. The molecular formula is C17H18N2O4S. The number of ether oxygens (including phenoxy) is 3. The Morgan fingerprint density at radius 2 is 1.92 bits per heavy atom. The van der Waals surface area contributed by atoms with Gasteiger partial charge in [-0.1, -0.05) is 6.07 Å². The fourth-order valence-electron chi connectivity index (χ4n) is 2.67. The molecule has 0 bridgehead atoms. The van der Waals surface area contributed by atoms with Crippen LogP contribution in [0.1, 0.15) is 18.4 Å². The molecule has 1 unspecified atom stereocenters. The third-order valence-electron chi connectivity index (χ3n) is 3.81. The number of nitrogens with one attached hydrogen (secondary N) is 1. The summed E-state index contributed by atoms with van der Waals surface area (Å²) in [5.41, 5.74) is 1.98. The molecule has 0 aliphatic carbocycles. The maximum absolute atomic E-state index is 12.3. The van der Waals surface area contributed by atoms with Gasteiger partial charge < -0.3 is 19.5 Å². The Hall–Kier alpha value is -2.59. The van der Waals surface area contributed by atoms with Gasteiger partial charge in [-0.2, -0.15) is 5.26 Å². The highest BCUT2D eigenvalue weighted by Gasteiger charge is 2.34. The fourth-order valence-corrected chi connectivity index (χ4v) is 3.02. The number of carbonyl (C=O) groups is 1. The number of benzene rings is 1. The second-order valence-electron chi connectivity index (χ2n) is 5.08. The van der Waals surface area contributed by atoms with Crippen molar-refractivity contribution < 1.29 is 19.0 Å². The van der Waals surface area contributed by atoms with E-state index in [1.54, 1.807) is 32.2 Å². The molecule has 0 radical (unpaired) electrons. The van der Waals surface area contributed by atoms with E-state index in [0.717, 1.165) is 0 Å². The zero-order valence-electron chi connectivity index (χ0n) is 13.8. The van der Waals surface area contributed by atoms with Crippen LogP contribution in [0.4, 0.5) is 0 Å². The molecule has 0 spiro atoms. The van der Waals surface area contributed by atoms with Crippen LogP contribution in [0.5, 0.6) is 11.5 Å². The maximum atomic E-state index is 12.3. The number of nitriles is 1. The first kappa shape index (κ1) is 17.8. The van der Waals surface area contributed by atoms with Crippen molar-refractivity contribution in [1.82, 2.24) is 5.32 Å². The van der Waals surface area contributed by atoms with Gasteiger partial charge in [-0.3, -0.25) is 0 Å². The van der Waals surface area contributed by atoms with Crippen LogP contribution in [0, 0.1) is 11.3 Å². The predicted octanol–water partition coefficient (Wildman–Crippen LogP) is 2.50. The van der Waals surface area contributed by atoms with Gasteiger partial charge in [-0.05, 0) is 24.6 Å². The highest BCUT2D eigenvalue weighted by molar-refractivity contribution is 7.84. The lowest BCUT2D eigenvalue weighted by molar-refractivity contribution is -0.136. The highest BCUT2D eigenvalue weighted by atomic mass is 32.1. The quantitative estimate of drug-likeness (QED) is 0.644. The van der Waals surface area contributed by atoms with E-state index in [4.69, 9.17) is 14.2 Å². The zero-order chi connectivity index (χ0) is 17.9. The summed E-state index contributed by atoms with van der Waals surface area (Å²) in [5, 5.41) is 12.9. The minimum Gasteiger partial charge on any atom is -0.493 e. The van der Waals surface area contributed by atoms with Gasteiger partial charge in [0.05, 0.1) is 49.5 Å².